The summed E-state index contributed by atoms with van der Waals surface area (Å²) < 4.78 is 10.1. The van der Waals surface area contributed by atoms with Crippen molar-refractivity contribution in [2.24, 2.45) is 5.41 Å². The number of ether oxygens (including phenoxy) is 2. The SMILES string of the molecule is CCOC(=O)c1ccc(NCC(C)(C)CCOC)c(N)c1. The van der Waals surface area contributed by atoms with E-state index in [-0.39, 0.29) is 11.4 Å². The summed E-state index contributed by atoms with van der Waals surface area (Å²) >= 11 is 0. The molecule has 0 heterocycles. The largest absolute Gasteiger partial charge is 0.462 e. The van der Waals surface area contributed by atoms with E-state index >= 15 is 0 Å². The second kappa shape index (κ2) is 7.88. The lowest BCUT2D eigenvalue weighted by Crippen LogP contribution is -2.25. The minimum atomic E-state index is -0.351. The van der Waals surface area contributed by atoms with E-state index in [4.69, 9.17) is 15.2 Å². The van der Waals surface area contributed by atoms with E-state index in [0.717, 1.165) is 25.3 Å². The van der Waals surface area contributed by atoms with Gasteiger partial charge in [-0.1, -0.05) is 13.8 Å². The Balaban J connectivity index is 2.66. The summed E-state index contributed by atoms with van der Waals surface area (Å²) in [6, 6.07) is 5.18. The maximum atomic E-state index is 11.6. The predicted molar refractivity (Wildman–Crippen MR) is 85.6 cm³/mol. The molecule has 1 aromatic rings. The summed E-state index contributed by atoms with van der Waals surface area (Å²) in [5, 5.41) is 3.33. The first-order valence-corrected chi connectivity index (χ1v) is 7.19. The fraction of sp³-hybridized carbons (Fsp3) is 0.562. The highest BCUT2D eigenvalue weighted by Crippen LogP contribution is 2.25. The number of methoxy groups -OCH3 is 1. The average molecular weight is 294 g/mol. The summed E-state index contributed by atoms with van der Waals surface area (Å²) in [5.41, 5.74) is 7.93. The second-order valence-corrected chi connectivity index (χ2v) is 5.78. The molecule has 0 radical (unpaired) electrons. The zero-order chi connectivity index (χ0) is 15.9. The van der Waals surface area contributed by atoms with E-state index in [0.29, 0.717) is 17.9 Å². The van der Waals surface area contributed by atoms with Crippen LogP contribution in [0.2, 0.25) is 0 Å². The van der Waals surface area contributed by atoms with Crippen LogP contribution in [0.1, 0.15) is 37.6 Å². The van der Waals surface area contributed by atoms with E-state index < -0.39 is 0 Å². The lowest BCUT2D eigenvalue weighted by molar-refractivity contribution is 0.0526. The van der Waals surface area contributed by atoms with Gasteiger partial charge >= 0.3 is 5.97 Å². The fourth-order valence-electron chi connectivity index (χ4n) is 1.87. The Labute approximate surface area is 126 Å². The molecule has 0 fully saturated rings. The number of anilines is 2. The van der Waals surface area contributed by atoms with E-state index in [1.54, 1.807) is 26.2 Å². The van der Waals surface area contributed by atoms with Crippen LogP contribution in [0.15, 0.2) is 18.2 Å². The van der Waals surface area contributed by atoms with Crippen molar-refractivity contribution in [2.75, 3.05) is 37.9 Å². The Hall–Kier alpha value is -1.75. The molecule has 0 amide bonds. The number of hydrogen-bond acceptors (Lipinski definition) is 5. The third-order valence-corrected chi connectivity index (χ3v) is 3.30. The normalized spacial score (nSPS) is 11.2. The minimum absolute atomic E-state index is 0.0995. The molecule has 0 bridgehead atoms. The van der Waals surface area contributed by atoms with Crippen LogP contribution in [0, 0.1) is 5.41 Å². The molecular weight excluding hydrogens is 268 g/mol. The van der Waals surface area contributed by atoms with E-state index in [9.17, 15) is 4.79 Å². The summed E-state index contributed by atoms with van der Waals surface area (Å²) in [4.78, 5) is 11.6. The standard InChI is InChI=1S/C16H26N2O3/c1-5-21-15(19)12-6-7-14(13(17)10-12)18-11-16(2,3)8-9-20-4/h6-7,10,18H,5,8-9,11,17H2,1-4H3. The molecule has 0 unspecified atom stereocenters. The molecule has 0 spiro atoms. The van der Waals surface area contributed by atoms with E-state index in [2.05, 4.69) is 19.2 Å². The number of nitrogen functional groups attached to an aromatic ring is 1. The minimum Gasteiger partial charge on any atom is -0.462 e. The van der Waals surface area contributed by atoms with Gasteiger partial charge in [0.15, 0.2) is 0 Å². The van der Waals surface area contributed by atoms with Gasteiger partial charge in [0.25, 0.3) is 0 Å². The monoisotopic (exact) mass is 294 g/mol. The molecule has 0 saturated carbocycles. The number of nitrogens with one attached hydrogen (secondary N) is 1. The zero-order valence-corrected chi connectivity index (χ0v) is 13.4. The Kier molecular flexibility index (Phi) is 6.49. The van der Waals surface area contributed by atoms with Crippen molar-refractivity contribution in [1.29, 1.82) is 0 Å². The van der Waals surface area contributed by atoms with Gasteiger partial charge in [-0.05, 0) is 37.0 Å². The van der Waals surface area contributed by atoms with Gasteiger partial charge in [0.2, 0.25) is 0 Å². The zero-order valence-electron chi connectivity index (χ0n) is 13.4. The van der Waals surface area contributed by atoms with Gasteiger partial charge in [0, 0.05) is 20.3 Å². The molecule has 5 heteroatoms. The van der Waals surface area contributed by atoms with Crippen molar-refractivity contribution in [2.45, 2.75) is 27.2 Å². The highest BCUT2D eigenvalue weighted by atomic mass is 16.5. The van der Waals surface area contributed by atoms with Crippen LogP contribution < -0.4 is 11.1 Å². The third kappa shape index (κ3) is 5.63. The summed E-state index contributed by atoms with van der Waals surface area (Å²) in [5.74, 6) is -0.351. The lowest BCUT2D eigenvalue weighted by atomic mass is 9.89. The molecule has 118 valence electrons. The number of hydrogen-bond donors (Lipinski definition) is 2. The Morgan fingerprint density at radius 1 is 1.38 bits per heavy atom. The first kappa shape index (κ1) is 17.3. The number of rotatable bonds is 8. The van der Waals surface area contributed by atoms with Gasteiger partial charge in [-0.15, -0.1) is 0 Å². The Bertz CT molecular complexity index is 473. The summed E-state index contributed by atoms with van der Waals surface area (Å²) in [7, 11) is 1.70. The van der Waals surface area contributed by atoms with Gasteiger partial charge in [-0.2, -0.15) is 0 Å². The van der Waals surface area contributed by atoms with Crippen molar-refractivity contribution in [3.8, 4) is 0 Å². The molecule has 1 aromatic carbocycles. The average Bonchev–Trinajstić information content (AvgIpc) is 2.44. The molecule has 1 rings (SSSR count). The first-order chi connectivity index (χ1) is 9.89. The maximum absolute atomic E-state index is 11.6. The molecule has 0 aromatic heterocycles. The van der Waals surface area contributed by atoms with Gasteiger partial charge in [0.05, 0.1) is 23.5 Å². The lowest BCUT2D eigenvalue weighted by Gasteiger charge is -2.25. The predicted octanol–water partition coefficient (Wildman–Crippen LogP) is 2.92. The maximum Gasteiger partial charge on any atom is 0.338 e. The molecule has 21 heavy (non-hydrogen) atoms. The molecule has 0 aliphatic carbocycles. The van der Waals surface area contributed by atoms with Crippen LogP contribution in [-0.4, -0.2) is 32.8 Å². The van der Waals surface area contributed by atoms with Crippen molar-refractivity contribution < 1.29 is 14.3 Å². The molecule has 0 aliphatic rings. The van der Waals surface area contributed by atoms with Crippen molar-refractivity contribution in [1.82, 2.24) is 0 Å². The van der Waals surface area contributed by atoms with Crippen molar-refractivity contribution in [3.63, 3.8) is 0 Å². The topological polar surface area (TPSA) is 73.6 Å². The summed E-state index contributed by atoms with van der Waals surface area (Å²) in [6.45, 7) is 7.97. The van der Waals surface area contributed by atoms with E-state index in [1.165, 1.54) is 0 Å². The molecular formula is C16H26N2O3. The summed E-state index contributed by atoms with van der Waals surface area (Å²) in [6.07, 6.45) is 0.956. The molecule has 0 atom stereocenters. The highest BCUT2D eigenvalue weighted by molar-refractivity contribution is 5.91. The van der Waals surface area contributed by atoms with Crippen molar-refractivity contribution >= 4 is 17.3 Å². The first-order valence-electron chi connectivity index (χ1n) is 7.19. The number of benzene rings is 1. The quantitative estimate of drug-likeness (QED) is 0.569. The van der Waals surface area contributed by atoms with Crippen LogP contribution in [0.5, 0.6) is 0 Å². The van der Waals surface area contributed by atoms with Crippen molar-refractivity contribution in [3.05, 3.63) is 23.8 Å². The molecule has 0 saturated heterocycles. The third-order valence-electron chi connectivity index (χ3n) is 3.30. The number of carbonyl (C=O) groups excluding carboxylic acids is 1. The number of nitrogens with two attached hydrogens (primary N) is 1. The van der Waals surface area contributed by atoms with Crippen LogP contribution in [0.3, 0.4) is 0 Å². The second-order valence-electron chi connectivity index (χ2n) is 5.78. The molecule has 5 nitrogen and oxygen atoms in total. The van der Waals surface area contributed by atoms with E-state index in [1.807, 2.05) is 6.07 Å². The van der Waals surface area contributed by atoms with Gasteiger partial charge < -0.3 is 20.5 Å². The molecule has 3 N–H and O–H groups in total. The van der Waals surface area contributed by atoms with Crippen LogP contribution in [-0.2, 0) is 9.47 Å². The molecule has 0 aliphatic heterocycles. The highest BCUT2D eigenvalue weighted by Gasteiger charge is 2.18. The number of esters is 1. The van der Waals surface area contributed by atoms with Gasteiger partial charge in [0.1, 0.15) is 0 Å². The van der Waals surface area contributed by atoms with Crippen LogP contribution in [0.4, 0.5) is 11.4 Å². The Morgan fingerprint density at radius 2 is 2.10 bits per heavy atom. The Morgan fingerprint density at radius 3 is 2.67 bits per heavy atom. The van der Waals surface area contributed by atoms with Crippen LogP contribution >= 0.6 is 0 Å². The fourth-order valence-corrected chi connectivity index (χ4v) is 1.87. The van der Waals surface area contributed by atoms with Gasteiger partial charge in [-0.25, -0.2) is 4.79 Å². The number of carbonyl (C=O) groups is 1. The van der Waals surface area contributed by atoms with Gasteiger partial charge in [-0.3, -0.25) is 0 Å². The smallest absolute Gasteiger partial charge is 0.338 e. The van der Waals surface area contributed by atoms with Crippen LogP contribution in [0.25, 0.3) is 0 Å².